The van der Waals surface area contributed by atoms with Gasteiger partial charge < -0.3 is 15.5 Å². The second-order valence-electron chi connectivity index (χ2n) is 5.89. The van der Waals surface area contributed by atoms with Crippen molar-refractivity contribution in [1.29, 1.82) is 0 Å². The number of rotatable bonds is 4. The lowest BCUT2D eigenvalue weighted by molar-refractivity contribution is -0.146. The molecule has 2 rings (SSSR count). The highest BCUT2D eigenvalue weighted by molar-refractivity contribution is 5.85. The van der Waals surface area contributed by atoms with Gasteiger partial charge in [0.25, 0.3) is 0 Å². The van der Waals surface area contributed by atoms with Crippen molar-refractivity contribution in [3.63, 3.8) is 0 Å². The molecule has 2 aliphatic rings. The molecule has 0 bridgehead atoms. The van der Waals surface area contributed by atoms with Crippen LogP contribution in [-0.4, -0.2) is 34.7 Å². The van der Waals surface area contributed by atoms with Crippen LogP contribution in [0.2, 0.25) is 0 Å². The molecule has 1 amide bonds. The van der Waals surface area contributed by atoms with Crippen molar-refractivity contribution in [2.45, 2.75) is 51.0 Å². The van der Waals surface area contributed by atoms with Crippen molar-refractivity contribution in [1.82, 2.24) is 5.32 Å². The monoisotopic (exact) mass is 269 g/mol. The van der Waals surface area contributed by atoms with Crippen molar-refractivity contribution in [2.24, 2.45) is 17.8 Å². The number of aliphatic carboxylic acids is 1. The first kappa shape index (κ1) is 14.3. The molecule has 0 aromatic heterocycles. The van der Waals surface area contributed by atoms with Crippen LogP contribution in [0.4, 0.5) is 0 Å². The minimum absolute atomic E-state index is 0.0858. The van der Waals surface area contributed by atoms with Crippen molar-refractivity contribution < 1.29 is 19.8 Å². The summed E-state index contributed by atoms with van der Waals surface area (Å²) in [6.07, 6.45) is 5.79. The number of carboxylic acids is 1. The van der Waals surface area contributed by atoms with Crippen molar-refractivity contribution in [2.75, 3.05) is 6.61 Å². The molecule has 0 aromatic rings. The molecule has 2 fully saturated rings. The Hall–Kier alpha value is -1.10. The van der Waals surface area contributed by atoms with Gasteiger partial charge in [0.15, 0.2) is 0 Å². The molecular formula is C14H23NO4. The molecule has 5 heteroatoms. The van der Waals surface area contributed by atoms with Crippen molar-refractivity contribution in [3.8, 4) is 0 Å². The molecule has 2 saturated carbocycles. The van der Waals surface area contributed by atoms with Crippen LogP contribution in [0.15, 0.2) is 0 Å². The van der Waals surface area contributed by atoms with Gasteiger partial charge in [-0.15, -0.1) is 0 Å². The molecule has 0 heterocycles. The number of aliphatic hydroxyl groups excluding tert-OH is 1. The Morgan fingerprint density at radius 1 is 1.00 bits per heavy atom. The van der Waals surface area contributed by atoms with Gasteiger partial charge in [-0.1, -0.05) is 6.42 Å². The molecule has 2 unspecified atom stereocenters. The number of hydrogen-bond acceptors (Lipinski definition) is 3. The van der Waals surface area contributed by atoms with Crippen LogP contribution < -0.4 is 5.32 Å². The van der Waals surface area contributed by atoms with Crippen LogP contribution in [0.25, 0.3) is 0 Å². The molecule has 108 valence electrons. The largest absolute Gasteiger partial charge is 0.481 e. The molecule has 2 atom stereocenters. The zero-order valence-corrected chi connectivity index (χ0v) is 11.2. The molecule has 0 aromatic carbocycles. The Balaban J connectivity index is 1.82. The summed E-state index contributed by atoms with van der Waals surface area (Å²) in [6.45, 7) is 0.227. The molecule has 19 heavy (non-hydrogen) atoms. The number of aliphatic hydroxyl groups is 1. The van der Waals surface area contributed by atoms with E-state index in [0.29, 0.717) is 18.8 Å². The van der Waals surface area contributed by atoms with Gasteiger partial charge in [-0.2, -0.15) is 0 Å². The highest BCUT2D eigenvalue weighted by atomic mass is 16.4. The van der Waals surface area contributed by atoms with Gasteiger partial charge in [0, 0.05) is 12.6 Å². The average molecular weight is 269 g/mol. The normalized spacial score (nSPS) is 35.0. The zero-order chi connectivity index (χ0) is 13.8. The molecule has 0 spiro atoms. The van der Waals surface area contributed by atoms with Crippen LogP contribution in [0.5, 0.6) is 0 Å². The number of amides is 1. The first-order valence-electron chi connectivity index (χ1n) is 7.26. The van der Waals surface area contributed by atoms with Crippen LogP contribution in [0.3, 0.4) is 0 Å². The lowest BCUT2D eigenvalue weighted by Crippen LogP contribution is -2.43. The van der Waals surface area contributed by atoms with Gasteiger partial charge in [0.1, 0.15) is 0 Å². The maximum absolute atomic E-state index is 12.2. The Kier molecular flexibility index (Phi) is 4.80. The van der Waals surface area contributed by atoms with Gasteiger partial charge in [-0.05, 0) is 44.4 Å². The van der Waals surface area contributed by atoms with Crippen LogP contribution in [0.1, 0.15) is 44.9 Å². The molecule has 0 aliphatic heterocycles. The lowest BCUT2D eigenvalue weighted by atomic mass is 9.86. The first-order chi connectivity index (χ1) is 9.11. The third-order valence-corrected chi connectivity index (χ3v) is 4.62. The fraction of sp³-hybridized carbons (Fsp3) is 0.857. The van der Waals surface area contributed by atoms with Crippen molar-refractivity contribution in [3.05, 3.63) is 0 Å². The van der Waals surface area contributed by atoms with E-state index >= 15 is 0 Å². The smallest absolute Gasteiger partial charge is 0.307 e. The fourth-order valence-electron chi connectivity index (χ4n) is 3.37. The quantitative estimate of drug-likeness (QED) is 0.714. The second kappa shape index (κ2) is 6.37. The standard InChI is InChI=1S/C14H23NO4/c16-8-9-4-6-10(7-5-9)15-13(17)11-2-1-3-12(11)14(18)19/h9-12,16H,1-8H2,(H,15,17)(H,18,19). The number of carbonyl (C=O) groups is 2. The van der Waals surface area contributed by atoms with E-state index in [9.17, 15) is 9.59 Å². The summed E-state index contributed by atoms with van der Waals surface area (Å²) in [4.78, 5) is 23.2. The zero-order valence-electron chi connectivity index (χ0n) is 11.2. The van der Waals surface area contributed by atoms with Crippen LogP contribution in [0, 0.1) is 17.8 Å². The Morgan fingerprint density at radius 3 is 2.21 bits per heavy atom. The van der Waals surface area contributed by atoms with Gasteiger partial charge in [-0.25, -0.2) is 0 Å². The molecular weight excluding hydrogens is 246 g/mol. The van der Waals surface area contributed by atoms with E-state index < -0.39 is 11.9 Å². The van der Waals surface area contributed by atoms with Gasteiger partial charge in [0.2, 0.25) is 5.91 Å². The number of hydrogen-bond donors (Lipinski definition) is 3. The summed E-state index contributed by atoms with van der Waals surface area (Å²) < 4.78 is 0. The van der Waals surface area contributed by atoms with E-state index in [2.05, 4.69) is 5.32 Å². The third-order valence-electron chi connectivity index (χ3n) is 4.62. The summed E-state index contributed by atoms with van der Waals surface area (Å²) >= 11 is 0. The maximum atomic E-state index is 12.2. The molecule has 5 nitrogen and oxygen atoms in total. The summed E-state index contributed by atoms with van der Waals surface area (Å²) in [5.41, 5.74) is 0. The third kappa shape index (κ3) is 3.47. The minimum atomic E-state index is -0.846. The SMILES string of the molecule is O=C(O)C1CCCC1C(=O)NC1CCC(CO)CC1. The van der Waals surface area contributed by atoms with Crippen molar-refractivity contribution >= 4 is 11.9 Å². The predicted molar refractivity (Wildman–Crippen MR) is 69.4 cm³/mol. The highest BCUT2D eigenvalue weighted by Crippen LogP contribution is 2.32. The summed E-state index contributed by atoms with van der Waals surface area (Å²) in [7, 11) is 0. The van der Waals surface area contributed by atoms with E-state index in [1.807, 2.05) is 0 Å². The van der Waals surface area contributed by atoms with E-state index in [-0.39, 0.29) is 24.5 Å². The summed E-state index contributed by atoms with van der Waals surface area (Å²) in [5, 5.41) is 21.2. The summed E-state index contributed by atoms with van der Waals surface area (Å²) in [5.74, 6) is -1.42. The topological polar surface area (TPSA) is 86.6 Å². The van der Waals surface area contributed by atoms with E-state index in [0.717, 1.165) is 32.1 Å². The average Bonchev–Trinajstić information content (AvgIpc) is 2.89. The Bertz CT molecular complexity index is 336. The Morgan fingerprint density at radius 2 is 1.63 bits per heavy atom. The lowest BCUT2D eigenvalue weighted by Gasteiger charge is -2.29. The fourth-order valence-corrected chi connectivity index (χ4v) is 3.37. The Labute approximate surface area is 113 Å². The second-order valence-corrected chi connectivity index (χ2v) is 5.89. The minimum Gasteiger partial charge on any atom is -0.481 e. The van der Waals surface area contributed by atoms with Crippen LogP contribution >= 0.6 is 0 Å². The van der Waals surface area contributed by atoms with E-state index in [1.165, 1.54) is 0 Å². The maximum Gasteiger partial charge on any atom is 0.307 e. The summed E-state index contributed by atoms with van der Waals surface area (Å²) in [6, 6.07) is 0.158. The van der Waals surface area contributed by atoms with Gasteiger partial charge in [0.05, 0.1) is 11.8 Å². The molecule has 0 saturated heterocycles. The highest BCUT2D eigenvalue weighted by Gasteiger charge is 2.38. The van der Waals surface area contributed by atoms with Gasteiger partial charge in [-0.3, -0.25) is 9.59 Å². The number of nitrogens with one attached hydrogen (secondary N) is 1. The van der Waals surface area contributed by atoms with Crippen LogP contribution in [-0.2, 0) is 9.59 Å². The number of carboxylic acid groups (broad SMARTS) is 1. The first-order valence-corrected chi connectivity index (χ1v) is 7.26. The predicted octanol–water partition coefficient (Wildman–Crippen LogP) is 1.15. The molecule has 3 N–H and O–H groups in total. The number of carbonyl (C=O) groups excluding carboxylic acids is 1. The van der Waals surface area contributed by atoms with E-state index in [4.69, 9.17) is 10.2 Å². The van der Waals surface area contributed by atoms with E-state index in [1.54, 1.807) is 0 Å². The van der Waals surface area contributed by atoms with Gasteiger partial charge >= 0.3 is 5.97 Å². The molecule has 2 aliphatic carbocycles. The molecule has 0 radical (unpaired) electrons.